The Morgan fingerprint density at radius 2 is 2.10 bits per heavy atom. The predicted molar refractivity (Wildman–Crippen MR) is 70.8 cm³/mol. The van der Waals surface area contributed by atoms with Crippen LogP contribution in [-0.2, 0) is 4.79 Å². The van der Waals surface area contributed by atoms with Gasteiger partial charge in [-0.15, -0.1) is 0 Å². The van der Waals surface area contributed by atoms with E-state index in [-0.39, 0.29) is 17.6 Å². The van der Waals surface area contributed by atoms with E-state index in [1.54, 1.807) is 29.0 Å². The molecule has 1 unspecified atom stereocenters. The fourth-order valence-corrected chi connectivity index (χ4v) is 2.25. The van der Waals surface area contributed by atoms with Crippen LogP contribution in [0.3, 0.4) is 0 Å². The number of nitrogens with zero attached hydrogens (tertiary/aromatic N) is 2. The van der Waals surface area contributed by atoms with Crippen molar-refractivity contribution in [2.24, 2.45) is 0 Å². The highest BCUT2D eigenvalue weighted by atomic mass is 19.1. The molecular weight excluding hydrogens is 261 g/mol. The number of aromatic nitrogens is 2. The SMILES string of the molecule is Cc1cc2n(n1)C(c1ccc(F)cc1)C=C(C(=O)O)N2. The lowest BCUT2D eigenvalue weighted by atomic mass is 10.0. The molecule has 5 nitrogen and oxygen atoms in total. The number of aryl methyl sites for hydroxylation is 1. The first kappa shape index (κ1) is 12.4. The first-order chi connectivity index (χ1) is 9.54. The van der Waals surface area contributed by atoms with E-state index in [0.717, 1.165) is 11.3 Å². The van der Waals surface area contributed by atoms with Crippen molar-refractivity contribution in [2.45, 2.75) is 13.0 Å². The van der Waals surface area contributed by atoms with Crippen LogP contribution >= 0.6 is 0 Å². The molecule has 1 aromatic carbocycles. The fourth-order valence-electron chi connectivity index (χ4n) is 2.25. The van der Waals surface area contributed by atoms with Crippen LogP contribution in [0.2, 0.25) is 0 Å². The van der Waals surface area contributed by atoms with E-state index in [0.29, 0.717) is 5.82 Å². The zero-order valence-electron chi connectivity index (χ0n) is 10.7. The van der Waals surface area contributed by atoms with Gasteiger partial charge in [-0.25, -0.2) is 13.9 Å². The van der Waals surface area contributed by atoms with Gasteiger partial charge in [-0.3, -0.25) is 0 Å². The number of carboxylic acid groups (broad SMARTS) is 1. The van der Waals surface area contributed by atoms with Crippen LogP contribution in [0, 0.1) is 12.7 Å². The second kappa shape index (κ2) is 4.48. The van der Waals surface area contributed by atoms with Crippen molar-refractivity contribution in [1.82, 2.24) is 9.78 Å². The molecule has 2 aromatic rings. The van der Waals surface area contributed by atoms with Gasteiger partial charge in [-0.1, -0.05) is 12.1 Å². The van der Waals surface area contributed by atoms with E-state index < -0.39 is 5.97 Å². The van der Waals surface area contributed by atoms with Gasteiger partial charge in [0.05, 0.1) is 11.7 Å². The summed E-state index contributed by atoms with van der Waals surface area (Å²) in [6.07, 6.45) is 1.56. The molecule has 0 amide bonds. The average Bonchev–Trinajstić information content (AvgIpc) is 2.78. The highest BCUT2D eigenvalue weighted by Crippen LogP contribution is 2.30. The van der Waals surface area contributed by atoms with Crippen molar-refractivity contribution in [1.29, 1.82) is 0 Å². The number of carboxylic acids is 1. The summed E-state index contributed by atoms with van der Waals surface area (Å²) in [5.74, 6) is -0.763. The molecule has 2 heterocycles. The van der Waals surface area contributed by atoms with E-state index in [1.165, 1.54) is 12.1 Å². The zero-order chi connectivity index (χ0) is 14.3. The molecular formula is C14H12FN3O2. The van der Waals surface area contributed by atoms with Crippen molar-refractivity contribution >= 4 is 11.8 Å². The Kier molecular flexibility index (Phi) is 2.78. The summed E-state index contributed by atoms with van der Waals surface area (Å²) < 4.78 is 14.7. The first-order valence-corrected chi connectivity index (χ1v) is 6.08. The van der Waals surface area contributed by atoms with Crippen LogP contribution < -0.4 is 5.32 Å². The van der Waals surface area contributed by atoms with Crippen LogP contribution in [0.5, 0.6) is 0 Å². The molecule has 0 spiro atoms. The smallest absolute Gasteiger partial charge is 0.352 e. The van der Waals surface area contributed by atoms with Gasteiger partial charge in [0.2, 0.25) is 0 Å². The minimum Gasteiger partial charge on any atom is -0.477 e. The molecule has 0 bridgehead atoms. The Balaban J connectivity index is 2.11. The lowest BCUT2D eigenvalue weighted by molar-refractivity contribution is -0.132. The van der Waals surface area contributed by atoms with Gasteiger partial charge < -0.3 is 10.4 Å². The molecule has 0 saturated heterocycles. The highest BCUT2D eigenvalue weighted by Gasteiger charge is 2.25. The molecule has 0 saturated carbocycles. The lowest BCUT2D eigenvalue weighted by Gasteiger charge is -2.23. The second-order valence-electron chi connectivity index (χ2n) is 4.62. The number of anilines is 1. The maximum Gasteiger partial charge on any atom is 0.352 e. The topological polar surface area (TPSA) is 67.2 Å². The number of allylic oxidation sites excluding steroid dienone is 1. The number of carbonyl (C=O) groups is 1. The zero-order valence-corrected chi connectivity index (χ0v) is 10.7. The van der Waals surface area contributed by atoms with Crippen LogP contribution in [0.15, 0.2) is 42.1 Å². The molecule has 1 aromatic heterocycles. The van der Waals surface area contributed by atoms with Crippen LogP contribution in [0.4, 0.5) is 10.2 Å². The monoisotopic (exact) mass is 273 g/mol. The number of rotatable bonds is 2. The molecule has 0 fully saturated rings. The molecule has 0 aliphatic carbocycles. The van der Waals surface area contributed by atoms with E-state index in [2.05, 4.69) is 10.4 Å². The molecule has 1 atom stereocenters. The number of fused-ring (bicyclic) bond motifs is 1. The van der Waals surface area contributed by atoms with Crippen molar-refractivity contribution in [2.75, 3.05) is 5.32 Å². The van der Waals surface area contributed by atoms with Crippen molar-refractivity contribution in [3.63, 3.8) is 0 Å². The minimum absolute atomic E-state index is 0.0896. The molecule has 1 aliphatic rings. The predicted octanol–water partition coefficient (Wildman–Crippen LogP) is 2.31. The third kappa shape index (κ3) is 2.05. The van der Waals surface area contributed by atoms with Gasteiger partial charge in [0.15, 0.2) is 0 Å². The molecule has 1 aliphatic heterocycles. The quantitative estimate of drug-likeness (QED) is 0.881. The maximum absolute atomic E-state index is 13.0. The Labute approximate surface area is 114 Å². The summed E-state index contributed by atoms with van der Waals surface area (Å²) in [4.78, 5) is 11.2. The van der Waals surface area contributed by atoms with Gasteiger partial charge >= 0.3 is 5.97 Å². The fraction of sp³-hybridized carbons (Fsp3) is 0.143. The first-order valence-electron chi connectivity index (χ1n) is 6.08. The second-order valence-corrected chi connectivity index (χ2v) is 4.62. The van der Waals surface area contributed by atoms with Crippen molar-refractivity contribution in [3.8, 4) is 0 Å². The van der Waals surface area contributed by atoms with Crippen molar-refractivity contribution < 1.29 is 14.3 Å². The number of hydrogen-bond donors (Lipinski definition) is 2. The highest BCUT2D eigenvalue weighted by molar-refractivity contribution is 5.90. The molecule has 6 heteroatoms. The van der Waals surface area contributed by atoms with E-state index in [1.807, 2.05) is 6.92 Å². The Morgan fingerprint density at radius 1 is 1.40 bits per heavy atom. The largest absolute Gasteiger partial charge is 0.477 e. The van der Waals surface area contributed by atoms with Crippen LogP contribution in [0.1, 0.15) is 17.3 Å². The van der Waals surface area contributed by atoms with Gasteiger partial charge in [-0.05, 0) is 30.7 Å². The third-order valence-electron chi connectivity index (χ3n) is 3.15. The number of aliphatic carboxylic acids is 1. The number of benzene rings is 1. The van der Waals surface area contributed by atoms with Crippen LogP contribution in [0.25, 0.3) is 0 Å². The van der Waals surface area contributed by atoms with E-state index in [4.69, 9.17) is 5.11 Å². The minimum atomic E-state index is -1.04. The molecule has 102 valence electrons. The standard InChI is InChI=1S/C14H12FN3O2/c1-8-6-13-16-11(14(19)20)7-12(18(13)17-8)9-2-4-10(15)5-3-9/h2-7,12,16H,1H3,(H,19,20). The van der Waals surface area contributed by atoms with E-state index >= 15 is 0 Å². The van der Waals surface area contributed by atoms with Gasteiger partial charge in [0.25, 0.3) is 0 Å². The average molecular weight is 273 g/mol. The van der Waals surface area contributed by atoms with E-state index in [9.17, 15) is 9.18 Å². The summed E-state index contributed by atoms with van der Waals surface area (Å²) in [5.41, 5.74) is 1.64. The lowest BCUT2D eigenvalue weighted by Crippen LogP contribution is -2.23. The normalized spacial score (nSPS) is 17.1. The summed E-state index contributed by atoms with van der Waals surface area (Å²) in [6, 6.07) is 7.35. The molecule has 2 N–H and O–H groups in total. The number of nitrogens with one attached hydrogen (secondary N) is 1. The van der Waals surface area contributed by atoms with Gasteiger partial charge in [0.1, 0.15) is 17.3 Å². The Morgan fingerprint density at radius 3 is 2.75 bits per heavy atom. The summed E-state index contributed by atoms with van der Waals surface area (Å²) in [7, 11) is 0. The summed E-state index contributed by atoms with van der Waals surface area (Å²) in [5, 5.41) is 16.3. The third-order valence-corrected chi connectivity index (χ3v) is 3.15. The number of halogens is 1. The van der Waals surface area contributed by atoms with Gasteiger partial charge in [0, 0.05) is 6.07 Å². The summed E-state index contributed by atoms with van der Waals surface area (Å²) in [6.45, 7) is 1.83. The molecule has 3 rings (SSSR count). The Hall–Kier alpha value is -2.63. The van der Waals surface area contributed by atoms with Crippen molar-refractivity contribution in [3.05, 3.63) is 59.2 Å². The molecule has 0 radical (unpaired) electrons. The summed E-state index contributed by atoms with van der Waals surface area (Å²) >= 11 is 0. The van der Waals surface area contributed by atoms with Crippen LogP contribution in [-0.4, -0.2) is 20.9 Å². The van der Waals surface area contributed by atoms with Gasteiger partial charge in [-0.2, -0.15) is 5.10 Å². The molecule has 20 heavy (non-hydrogen) atoms. The number of hydrogen-bond acceptors (Lipinski definition) is 3. The Bertz CT molecular complexity index is 704. The maximum atomic E-state index is 13.0.